The van der Waals surface area contributed by atoms with Gasteiger partial charge in [0.25, 0.3) is 5.56 Å². The smallest absolute Gasteiger partial charge is 0.250 e. The number of hydrogen-bond acceptors (Lipinski definition) is 1. The Morgan fingerprint density at radius 1 is 1.25 bits per heavy atom. The Bertz CT molecular complexity index is 560. The Morgan fingerprint density at radius 3 is 2.81 bits per heavy atom. The van der Waals surface area contributed by atoms with E-state index in [0.717, 1.165) is 11.1 Å². The predicted molar refractivity (Wildman–Crippen MR) is 60.9 cm³/mol. The Hall–Kier alpha value is -1.90. The molecule has 0 bridgehead atoms. The molecule has 0 aliphatic carbocycles. The summed E-state index contributed by atoms with van der Waals surface area (Å²) in [4.78, 5) is 11.5. The third kappa shape index (κ3) is 2.19. The van der Waals surface area contributed by atoms with E-state index in [-0.39, 0.29) is 11.4 Å². The van der Waals surface area contributed by atoms with Crippen LogP contribution in [0.3, 0.4) is 0 Å². The summed E-state index contributed by atoms with van der Waals surface area (Å²) < 4.78 is 14.6. The molecule has 1 heterocycles. The lowest BCUT2D eigenvalue weighted by Crippen LogP contribution is -2.18. The third-order valence-electron chi connectivity index (χ3n) is 2.55. The highest BCUT2D eigenvalue weighted by Crippen LogP contribution is 2.10. The van der Waals surface area contributed by atoms with Crippen LogP contribution in [-0.4, -0.2) is 4.57 Å². The van der Waals surface area contributed by atoms with Gasteiger partial charge >= 0.3 is 0 Å². The molecule has 0 aliphatic heterocycles. The van der Waals surface area contributed by atoms with E-state index in [1.54, 1.807) is 29.0 Å². The van der Waals surface area contributed by atoms with E-state index in [4.69, 9.17) is 0 Å². The molecule has 2 nitrogen and oxygen atoms in total. The van der Waals surface area contributed by atoms with E-state index >= 15 is 0 Å². The van der Waals surface area contributed by atoms with Crippen LogP contribution in [0.25, 0.3) is 0 Å². The second-order valence-electron chi connectivity index (χ2n) is 3.74. The lowest BCUT2D eigenvalue weighted by Gasteiger charge is -2.08. The number of nitrogens with zero attached hydrogens (tertiary/aromatic N) is 1. The molecule has 0 radical (unpaired) electrons. The van der Waals surface area contributed by atoms with Gasteiger partial charge in [0, 0.05) is 12.3 Å². The number of halogens is 1. The van der Waals surface area contributed by atoms with Crippen molar-refractivity contribution in [1.29, 1.82) is 0 Å². The number of benzene rings is 1. The average Bonchev–Trinajstić information content (AvgIpc) is 2.27. The van der Waals surface area contributed by atoms with Gasteiger partial charge in [0.15, 0.2) is 0 Å². The zero-order chi connectivity index (χ0) is 11.5. The fraction of sp³-hybridized carbons (Fsp3) is 0.154. The van der Waals surface area contributed by atoms with Crippen LogP contribution < -0.4 is 5.56 Å². The summed E-state index contributed by atoms with van der Waals surface area (Å²) in [6, 6.07) is 9.59. The van der Waals surface area contributed by atoms with Crippen LogP contribution in [0.2, 0.25) is 0 Å². The fourth-order valence-electron chi connectivity index (χ4n) is 1.59. The minimum absolute atomic E-state index is 0.0776. The van der Waals surface area contributed by atoms with E-state index in [2.05, 4.69) is 0 Å². The molecular weight excluding hydrogens is 205 g/mol. The third-order valence-corrected chi connectivity index (χ3v) is 2.55. The standard InChI is InChI=1S/C13H12FNO/c1-10-5-6-12(14)8-11(10)9-15-7-3-2-4-13(15)16/h2-8H,9H2,1H3. The number of aromatic nitrogens is 1. The Labute approximate surface area is 93.0 Å². The predicted octanol–water partition coefficient (Wildman–Crippen LogP) is 2.34. The molecule has 16 heavy (non-hydrogen) atoms. The van der Waals surface area contributed by atoms with Crippen molar-refractivity contribution in [3.63, 3.8) is 0 Å². The van der Waals surface area contributed by atoms with Crippen LogP contribution in [0.1, 0.15) is 11.1 Å². The first-order valence-electron chi connectivity index (χ1n) is 5.07. The molecule has 0 saturated heterocycles. The summed E-state index contributed by atoms with van der Waals surface area (Å²) >= 11 is 0. The van der Waals surface area contributed by atoms with Gasteiger partial charge in [-0.05, 0) is 36.2 Å². The summed E-state index contributed by atoms with van der Waals surface area (Å²) in [5.41, 5.74) is 1.73. The summed E-state index contributed by atoms with van der Waals surface area (Å²) in [5.74, 6) is -0.274. The largest absolute Gasteiger partial charge is 0.311 e. The summed E-state index contributed by atoms with van der Waals surface area (Å²) in [7, 11) is 0. The van der Waals surface area contributed by atoms with Crippen molar-refractivity contribution in [3.05, 3.63) is 69.9 Å². The molecule has 82 valence electrons. The minimum atomic E-state index is -0.274. The molecular formula is C13H12FNO. The molecule has 1 aromatic heterocycles. The second-order valence-corrected chi connectivity index (χ2v) is 3.74. The number of rotatable bonds is 2. The molecule has 3 heteroatoms. The van der Waals surface area contributed by atoms with Gasteiger partial charge < -0.3 is 4.57 Å². The molecule has 0 atom stereocenters. The highest BCUT2D eigenvalue weighted by atomic mass is 19.1. The van der Waals surface area contributed by atoms with Crippen molar-refractivity contribution in [3.8, 4) is 0 Å². The minimum Gasteiger partial charge on any atom is -0.311 e. The van der Waals surface area contributed by atoms with E-state index in [9.17, 15) is 9.18 Å². The zero-order valence-electron chi connectivity index (χ0n) is 8.98. The van der Waals surface area contributed by atoms with Crippen molar-refractivity contribution < 1.29 is 4.39 Å². The second kappa shape index (κ2) is 4.31. The lowest BCUT2D eigenvalue weighted by molar-refractivity contribution is 0.622. The Kier molecular flexibility index (Phi) is 2.86. The monoisotopic (exact) mass is 217 g/mol. The van der Waals surface area contributed by atoms with E-state index in [1.807, 2.05) is 6.92 Å². The van der Waals surface area contributed by atoms with Crippen molar-refractivity contribution in [2.24, 2.45) is 0 Å². The van der Waals surface area contributed by atoms with E-state index < -0.39 is 0 Å². The Balaban J connectivity index is 2.38. The van der Waals surface area contributed by atoms with Crippen molar-refractivity contribution in [2.45, 2.75) is 13.5 Å². The van der Waals surface area contributed by atoms with Crippen LogP contribution in [-0.2, 0) is 6.54 Å². The highest BCUT2D eigenvalue weighted by Gasteiger charge is 2.02. The van der Waals surface area contributed by atoms with Crippen LogP contribution in [0.15, 0.2) is 47.4 Å². The molecule has 0 N–H and O–H groups in total. The van der Waals surface area contributed by atoms with Crippen molar-refractivity contribution >= 4 is 0 Å². The molecule has 0 aliphatic rings. The van der Waals surface area contributed by atoms with Gasteiger partial charge in [0.2, 0.25) is 0 Å². The number of aryl methyl sites for hydroxylation is 1. The normalized spacial score (nSPS) is 10.4. The average molecular weight is 217 g/mol. The molecule has 0 unspecified atom stereocenters. The van der Waals surface area contributed by atoms with Crippen LogP contribution >= 0.6 is 0 Å². The van der Waals surface area contributed by atoms with E-state index in [0.29, 0.717) is 6.54 Å². The van der Waals surface area contributed by atoms with Crippen LogP contribution in [0.4, 0.5) is 4.39 Å². The first-order valence-corrected chi connectivity index (χ1v) is 5.07. The topological polar surface area (TPSA) is 22.0 Å². The van der Waals surface area contributed by atoms with Crippen LogP contribution in [0, 0.1) is 12.7 Å². The molecule has 2 aromatic rings. The zero-order valence-corrected chi connectivity index (χ0v) is 8.98. The van der Waals surface area contributed by atoms with E-state index in [1.165, 1.54) is 18.2 Å². The van der Waals surface area contributed by atoms with Gasteiger partial charge in [0.05, 0.1) is 6.54 Å². The molecule has 0 amide bonds. The fourth-order valence-corrected chi connectivity index (χ4v) is 1.59. The SMILES string of the molecule is Cc1ccc(F)cc1Cn1ccccc1=O. The van der Waals surface area contributed by atoms with Crippen LogP contribution in [0.5, 0.6) is 0 Å². The van der Waals surface area contributed by atoms with Gasteiger partial charge in [-0.1, -0.05) is 12.1 Å². The molecule has 0 spiro atoms. The quantitative estimate of drug-likeness (QED) is 0.756. The molecule has 1 aromatic carbocycles. The first kappa shape index (κ1) is 10.6. The summed E-state index contributed by atoms with van der Waals surface area (Å²) in [5, 5.41) is 0. The first-order chi connectivity index (χ1) is 7.66. The maximum atomic E-state index is 13.1. The maximum Gasteiger partial charge on any atom is 0.250 e. The Morgan fingerprint density at radius 2 is 2.06 bits per heavy atom. The van der Waals surface area contributed by atoms with Gasteiger partial charge in [-0.2, -0.15) is 0 Å². The lowest BCUT2D eigenvalue weighted by atomic mass is 10.1. The van der Waals surface area contributed by atoms with Crippen molar-refractivity contribution in [1.82, 2.24) is 4.57 Å². The van der Waals surface area contributed by atoms with Gasteiger partial charge in [-0.3, -0.25) is 4.79 Å². The summed E-state index contributed by atoms with van der Waals surface area (Å²) in [6.45, 7) is 2.31. The maximum absolute atomic E-state index is 13.1. The molecule has 2 rings (SSSR count). The molecule has 0 saturated carbocycles. The molecule has 0 fully saturated rings. The summed E-state index contributed by atoms with van der Waals surface area (Å²) in [6.07, 6.45) is 1.70. The highest BCUT2D eigenvalue weighted by molar-refractivity contribution is 5.26. The van der Waals surface area contributed by atoms with Gasteiger partial charge in [-0.25, -0.2) is 4.39 Å². The number of pyridine rings is 1. The van der Waals surface area contributed by atoms with Gasteiger partial charge in [-0.15, -0.1) is 0 Å². The van der Waals surface area contributed by atoms with Crippen molar-refractivity contribution in [2.75, 3.05) is 0 Å². The number of hydrogen-bond donors (Lipinski definition) is 0. The van der Waals surface area contributed by atoms with Gasteiger partial charge in [0.1, 0.15) is 5.82 Å².